The topological polar surface area (TPSA) is 105 Å². The van der Waals surface area contributed by atoms with Crippen LogP contribution in [0.4, 0.5) is 0 Å². The molecule has 7 nitrogen and oxygen atoms in total. The zero-order chi connectivity index (χ0) is 18.8. The molecule has 1 amide bonds. The van der Waals surface area contributed by atoms with Gasteiger partial charge in [0.25, 0.3) is 0 Å². The molecule has 25 heavy (non-hydrogen) atoms. The van der Waals surface area contributed by atoms with Crippen molar-refractivity contribution >= 4 is 11.9 Å². The van der Waals surface area contributed by atoms with Crippen molar-refractivity contribution in [3.63, 3.8) is 0 Å². The van der Waals surface area contributed by atoms with E-state index in [1.807, 2.05) is 0 Å². The van der Waals surface area contributed by atoms with Crippen molar-refractivity contribution in [2.75, 3.05) is 6.61 Å². The fraction of sp³-hybridized carbons (Fsp3) is 0.889. The smallest absolute Gasteiger partial charge is 0.302 e. The summed E-state index contributed by atoms with van der Waals surface area (Å²) in [6, 6.07) is -0.670. The summed E-state index contributed by atoms with van der Waals surface area (Å²) in [6.45, 7) is 4.70. The lowest BCUT2D eigenvalue weighted by Gasteiger charge is -2.43. The van der Waals surface area contributed by atoms with Crippen LogP contribution in [0.1, 0.15) is 65.7 Å². The zero-order valence-electron chi connectivity index (χ0n) is 15.6. The average molecular weight is 359 g/mol. The third kappa shape index (κ3) is 7.71. The lowest BCUT2D eigenvalue weighted by atomic mass is 9.90. The van der Waals surface area contributed by atoms with Crippen LogP contribution in [-0.2, 0) is 19.1 Å². The van der Waals surface area contributed by atoms with Gasteiger partial charge in [0, 0.05) is 13.8 Å². The summed E-state index contributed by atoms with van der Waals surface area (Å²) in [5, 5.41) is 23.3. The molecular formula is C18H33NO6. The Morgan fingerprint density at radius 2 is 1.64 bits per heavy atom. The van der Waals surface area contributed by atoms with Gasteiger partial charge < -0.3 is 25.0 Å². The van der Waals surface area contributed by atoms with Gasteiger partial charge in [-0.2, -0.15) is 0 Å². The van der Waals surface area contributed by atoms with Crippen LogP contribution in [0.5, 0.6) is 0 Å². The Balaban J connectivity index is 2.62. The predicted molar refractivity (Wildman–Crippen MR) is 92.9 cm³/mol. The monoisotopic (exact) mass is 359 g/mol. The second-order valence-electron chi connectivity index (χ2n) is 6.78. The maximum absolute atomic E-state index is 11.4. The standard InChI is InChI=1S/C18H33NO6/c1-4-5-6-7-8-9-10-14-16(19-12(2)20)18(23)17(22)15(25-14)11-24-13(3)21/h14-18,22-23H,4-11H2,1-3H3,(H,19,20)/t14-,15-,16+,17+,18-/m1/s1. The van der Waals surface area contributed by atoms with Gasteiger partial charge in [0.15, 0.2) is 0 Å². The molecule has 146 valence electrons. The molecule has 1 rings (SSSR count). The minimum atomic E-state index is -1.22. The summed E-state index contributed by atoms with van der Waals surface area (Å²) in [5.74, 6) is -0.756. The van der Waals surface area contributed by atoms with Crippen LogP contribution in [0.2, 0.25) is 0 Å². The number of ether oxygens (including phenoxy) is 2. The van der Waals surface area contributed by atoms with Crippen LogP contribution in [0.25, 0.3) is 0 Å². The predicted octanol–water partition coefficient (Wildman–Crippen LogP) is 1.29. The average Bonchev–Trinajstić information content (AvgIpc) is 2.55. The third-order valence-electron chi connectivity index (χ3n) is 4.51. The number of hydrogen-bond donors (Lipinski definition) is 3. The van der Waals surface area contributed by atoms with Gasteiger partial charge in [-0.25, -0.2) is 0 Å². The second kappa shape index (κ2) is 11.4. The molecule has 7 heteroatoms. The maximum atomic E-state index is 11.4. The van der Waals surface area contributed by atoms with Gasteiger partial charge in [-0.05, 0) is 6.42 Å². The number of aliphatic hydroxyl groups is 2. The van der Waals surface area contributed by atoms with Crippen LogP contribution in [0.15, 0.2) is 0 Å². The number of carbonyl (C=O) groups excluding carboxylic acids is 2. The normalized spacial score (nSPS) is 29.2. The van der Waals surface area contributed by atoms with Gasteiger partial charge in [-0.15, -0.1) is 0 Å². The SMILES string of the molecule is CCCCCCCC[C@H]1O[C@H](COC(C)=O)[C@H](O)[C@H](O)[C@H]1NC(C)=O. The van der Waals surface area contributed by atoms with E-state index in [9.17, 15) is 19.8 Å². The number of amides is 1. The van der Waals surface area contributed by atoms with Gasteiger partial charge in [0.05, 0.1) is 12.1 Å². The lowest BCUT2D eigenvalue weighted by Crippen LogP contribution is -2.64. The lowest BCUT2D eigenvalue weighted by molar-refractivity contribution is -0.202. The van der Waals surface area contributed by atoms with E-state index in [0.29, 0.717) is 6.42 Å². The van der Waals surface area contributed by atoms with Crippen LogP contribution in [0.3, 0.4) is 0 Å². The molecule has 5 atom stereocenters. The van der Waals surface area contributed by atoms with Crippen molar-refractivity contribution < 1.29 is 29.3 Å². The third-order valence-corrected chi connectivity index (χ3v) is 4.51. The molecule has 0 aromatic rings. The molecule has 0 radical (unpaired) electrons. The number of esters is 1. The van der Waals surface area contributed by atoms with Gasteiger partial charge in [0.1, 0.15) is 24.9 Å². The molecule has 0 bridgehead atoms. The molecule has 0 unspecified atom stereocenters. The Labute approximate surface area is 150 Å². The number of carbonyl (C=O) groups is 2. The Bertz CT molecular complexity index is 414. The maximum Gasteiger partial charge on any atom is 0.302 e. The van der Waals surface area contributed by atoms with Gasteiger partial charge in [-0.1, -0.05) is 45.4 Å². The van der Waals surface area contributed by atoms with Crippen LogP contribution in [0, 0.1) is 0 Å². The molecule has 0 spiro atoms. The van der Waals surface area contributed by atoms with E-state index >= 15 is 0 Å². The fourth-order valence-electron chi connectivity index (χ4n) is 3.17. The summed E-state index contributed by atoms with van der Waals surface area (Å²) in [7, 11) is 0. The molecule has 3 N–H and O–H groups in total. The van der Waals surface area contributed by atoms with Crippen LogP contribution in [-0.4, -0.2) is 59.2 Å². The van der Waals surface area contributed by atoms with Crippen molar-refractivity contribution in [2.24, 2.45) is 0 Å². The zero-order valence-corrected chi connectivity index (χ0v) is 15.6. The molecule has 1 heterocycles. The van der Waals surface area contributed by atoms with Crippen LogP contribution < -0.4 is 5.32 Å². The van der Waals surface area contributed by atoms with E-state index in [4.69, 9.17) is 9.47 Å². The van der Waals surface area contributed by atoms with E-state index < -0.39 is 36.4 Å². The highest BCUT2D eigenvalue weighted by molar-refractivity contribution is 5.73. The number of rotatable bonds is 10. The van der Waals surface area contributed by atoms with Gasteiger partial charge >= 0.3 is 5.97 Å². The van der Waals surface area contributed by atoms with E-state index in [2.05, 4.69) is 12.2 Å². The largest absolute Gasteiger partial charge is 0.463 e. The number of aliphatic hydroxyl groups excluding tert-OH is 2. The van der Waals surface area contributed by atoms with Crippen molar-refractivity contribution in [2.45, 2.75) is 96.2 Å². The summed E-state index contributed by atoms with van der Waals surface area (Å²) in [4.78, 5) is 22.4. The van der Waals surface area contributed by atoms with Crippen molar-refractivity contribution in [3.8, 4) is 0 Å². The van der Waals surface area contributed by atoms with Gasteiger partial charge in [0.2, 0.25) is 5.91 Å². The summed E-state index contributed by atoms with van der Waals surface area (Å²) < 4.78 is 10.8. The minimum absolute atomic E-state index is 0.118. The van der Waals surface area contributed by atoms with Crippen molar-refractivity contribution in [1.29, 1.82) is 0 Å². The molecule has 0 aromatic heterocycles. The Morgan fingerprint density at radius 1 is 1.00 bits per heavy atom. The first kappa shape index (κ1) is 21.9. The molecule has 1 aliphatic rings. The molecule has 1 fully saturated rings. The highest BCUT2D eigenvalue weighted by atomic mass is 16.6. The van der Waals surface area contributed by atoms with E-state index in [1.165, 1.54) is 33.1 Å². The van der Waals surface area contributed by atoms with E-state index in [-0.39, 0.29) is 12.5 Å². The highest BCUT2D eigenvalue weighted by Gasteiger charge is 2.44. The van der Waals surface area contributed by atoms with Crippen LogP contribution >= 0.6 is 0 Å². The Kier molecular flexibility index (Phi) is 10.0. The van der Waals surface area contributed by atoms with Gasteiger partial charge in [-0.3, -0.25) is 9.59 Å². The first-order valence-corrected chi connectivity index (χ1v) is 9.28. The first-order chi connectivity index (χ1) is 11.9. The second-order valence-corrected chi connectivity index (χ2v) is 6.78. The van der Waals surface area contributed by atoms with Crippen molar-refractivity contribution in [1.82, 2.24) is 5.32 Å². The molecule has 0 saturated carbocycles. The molecular weight excluding hydrogens is 326 g/mol. The molecule has 0 aliphatic carbocycles. The highest BCUT2D eigenvalue weighted by Crippen LogP contribution is 2.25. The molecule has 1 saturated heterocycles. The fourth-order valence-corrected chi connectivity index (χ4v) is 3.17. The quantitative estimate of drug-likeness (QED) is 0.401. The Hall–Kier alpha value is -1.18. The number of nitrogens with one attached hydrogen (secondary N) is 1. The first-order valence-electron chi connectivity index (χ1n) is 9.28. The summed E-state index contributed by atoms with van der Waals surface area (Å²) >= 11 is 0. The van der Waals surface area contributed by atoms with Crippen molar-refractivity contribution in [3.05, 3.63) is 0 Å². The number of unbranched alkanes of at least 4 members (excludes halogenated alkanes) is 5. The minimum Gasteiger partial charge on any atom is -0.463 e. The molecule has 0 aromatic carbocycles. The molecule has 1 aliphatic heterocycles. The van der Waals surface area contributed by atoms with E-state index in [0.717, 1.165) is 19.3 Å². The summed E-state index contributed by atoms with van der Waals surface area (Å²) in [5.41, 5.74) is 0. The van der Waals surface area contributed by atoms with E-state index in [1.54, 1.807) is 0 Å². The summed E-state index contributed by atoms with van der Waals surface area (Å²) in [6.07, 6.45) is 3.79. The number of hydrogen-bond acceptors (Lipinski definition) is 6. The Morgan fingerprint density at radius 3 is 2.24 bits per heavy atom.